The average Bonchev–Trinajstić information content (AvgIpc) is 2.18. The van der Waals surface area contributed by atoms with Gasteiger partial charge in [0.25, 0.3) is 5.90 Å². The van der Waals surface area contributed by atoms with Crippen LogP contribution in [0.15, 0.2) is 30.3 Å². The Hall–Kier alpha value is -2.17. The number of anilines is 1. The number of rotatable bonds is 1. The molecule has 0 saturated carbocycles. The van der Waals surface area contributed by atoms with Crippen LogP contribution in [-0.4, -0.2) is 17.7 Å². The third kappa shape index (κ3) is 3.60. The van der Waals surface area contributed by atoms with Crippen LogP contribution in [0.2, 0.25) is 0 Å². The third-order valence-corrected chi connectivity index (χ3v) is 1.49. The number of carbonyl (C=O) groups excluding carboxylic acids is 1. The molecule has 0 spiro atoms. The Morgan fingerprint density at radius 2 is 1.87 bits per heavy atom. The molecule has 1 amide bonds. The van der Waals surface area contributed by atoms with Gasteiger partial charge in [0, 0.05) is 12.6 Å². The number of nitrogens with one attached hydrogen (secondary N) is 3. The van der Waals surface area contributed by atoms with Crippen molar-refractivity contribution in [2.75, 3.05) is 5.32 Å². The van der Waals surface area contributed by atoms with Gasteiger partial charge in [0.05, 0.1) is 0 Å². The van der Waals surface area contributed by atoms with Gasteiger partial charge < -0.3 is 10.1 Å². The average molecular weight is 205 g/mol. The van der Waals surface area contributed by atoms with Gasteiger partial charge in [-0.3, -0.25) is 15.6 Å². The normalized spacial score (nSPS) is 9.13. The Kier molecular flexibility index (Phi) is 3.56. The zero-order valence-electron chi connectivity index (χ0n) is 8.20. The van der Waals surface area contributed by atoms with E-state index in [4.69, 9.17) is 10.8 Å². The minimum atomic E-state index is -0.673. The van der Waals surface area contributed by atoms with E-state index < -0.39 is 11.8 Å². The van der Waals surface area contributed by atoms with E-state index in [1.54, 1.807) is 24.3 Å². The molecule has 0 radical (unpaired) electrons. The minimum absolute atomic E-state index is 0.191. The summed E-state index contributed by atoms with van der Waals surface area (Å²) in [6.07, 6.45) is 0. The van der Waals surface area contributed by atoms with E-state index in [0.717, 1.165) is 0 Å². The highest BCUT2D eigenvalue weighted by atomic mass is 16.5. The molecule has 1 aromatic carbocycles. The molecule has 15 heavy (non-hydrogen) atoms. The van der Waals surface area contributed by atoms with Crippen LogP contribution in [0.25, 0.3) is 0 Å². The van der Waals surface area contributed by atoms with Crippen LogP contribution in [0, 0.1) is 10.8 Å². The number of ether oxygens (including phenoxy) is 1. The molecule has 0 saturated heterocycles. The summed E-state index contributed by atoms with van der Waals surface area (Å²) in [5, 5.41) is 16.6. The molecule has 0 unspecified atom stereocenters. The first-order chi connectivity index (χ1) is 7.09. The van der Waals surface area contributed by atoms with Gasteiger partial charge in [0.1, 0.15) is 0 Å². The van der Waals surface area contributed by atoms with Crippen LogP contribution in [0.5, 0.6) is 0 Å². The highest BCUT2D eigenvalue weighted by molar-refractivity contribution is 6.39. The maximum Gasteiger partial charge on any atom is 0.310 e. The fourth-order valence-electron chi connectivity index (χ4n) is 0.909. The summed E-state index contributed by atoms with van der Waals surface area (Å²) < 4.78 is 4.54. The molecule has 0 heterocycles. The number of benzene rings is 1. The first-order valence-corrected chi connectivity index (χ1v) is 4.27. The van der Waals surface area contributed by atoms with E-state index >= 15 is 0 Å². The highest BCUT2D eigenvalue weighted by Crippen LogP contribution is 2.04. The van der Waals surface area contributed by atoms with Gasteiger partial charge in [0.15, 0.2) is 5.90 Å². The molecule has 1 rings (SSSR count). The Morgan fingerprint density at radius 3 is 2.40 bits per heavy atom. The Balaban J connectivity index is 2.56. The van der Waals surface area contributed by atoms with Crippen LogP contribution in [-0.2, 0) is 9.53 Å². The van der Waals surface area contributed by atoms with Gasteiger partial charge in [-0.25, -0.2) is 0 Å². The lowest BCUT2D eigenvalue weighted by atomic mass is 10.3. The summed E-state index contributed by atoms with van der Waals surface area (Å²) in [4.78, 5) is 11.3. The molecule has 0 fully saturated rings. The molecule has 78 valence electrons. The van der Waals surface area contributed by atoms with Crippen LogP contribution < -0.4 is 5.32 Å². The van der Waals surface area contributed by atoms with E-state index in [1.807, 2.05) is 6.07 Å². The molecule has 0 aromatic heterocycles. The van der Waals surface area contributed by atoms with E-state index in [-0.39, 0.29) is 5.90 Å². The van der Waals surface area contributed by atoms with E-state index in [2.05, 4.69) is 10.1 Å². The monoisotopic (exact) mass is 205 g/mol. The third-order valence-electron chi connectivity index (χ3n) is 1.49. The fraction of sp³-hybridized carbons (Fsp3) is 0.100. The molecular formula is C10H11N3O2. The number of hydrogen-bond acceptors (Lipinski definition) is 4. The lowest BCUT2D eigenvalue weighted by Gasteiger charge is -2.05. The molecule has 5 heteroatoms. The molecule has 0 bridgehead atoms. The fourth-order valence-corrected chi connectivity index (χ4v) is 0.909. The quantitative estimate of drug-likeness (QED) is 0.480. The second-order valence-electron chi connectivity index (χ2n) is 2.81. The van der Waals surface area contributed by atoms with Gasteiger partial charge in [-0.15, -0.1) is 0 Å². The van der Waals surface area contributed by atoms with Crippen molar-refractivity contribution in [2.45, 2.75) is 6.92 Å². The van der Waals surface area contributed by atoms with Crippen LogP contribution in [0.4, 0.5) is 5.69 Å². The summed E-state index contributed by atoms with van der Waals surface area (Å²) in [7, 11) is 0. The van der Waals surface area contributed by atoms with Crippen molar-refractivity contribution in [2.24, 2.45) is 0 Å². The van der Waals surface area contributed by atoms with Crippen LogP contribution in [0.1, 0.15) is 6.92 Å². The molecule has 0 aliphatic rings. The number of hydrogen-bond donors (Lipinski definition) is 3. The van der Waals surface area contributed by atoms with Crippen LogP contribution in [0.3, 0.4) is 0 Å². The second-order valence-corrected chi connectivity index (χ2v) is 2.81. The molecular weight excluding hydrogens is 194 g/mol. The molecule has 0 atom stereocenters. The van der Waals surface area contributed by atoms with Gasteiger partial charge in [-0.05, 0) is 12.1 Å². The predicted octanol–water partition coefficient (Wildman–Crippen LogP) is 1.62. The Labute approximate surface area is 87.1 Å². The molecule has 0 aliphatic heterocycles. The summed E-state index contributed by atoms with van der Waals surface area (Å²) in [6, 6.07) is 8.74. The van der Waals surface area contributed by atoms with Gasteiger partial charge in [-0.1, -0.05) is 18.2 Å². The first-order valence-electron chi connectivity index (χ1n) is 4.27. The second kappa shape index (κ2) is 4.90. The highest BCUT2D eigenvalue weighted by Gasteiger charge is 2.11. The standard InChI is InChI=1S/C10H11N3O2/c1-7(11)15-9(12)10(14)13-8-5-3-2-4-6-8/h2-6,11-12H,1H3,(H,13,14). The van der Waals surface area contributed by atoms with E-state index in [1.165, 1.54) is 6.92 Å². The molecule has 5 nitrogen and oxygen atoms in total. The van der Waals surface area contributed by atoms with Crippen molar-refractivity contribution in [3.8, 4) is 0 Å². The summed E-state index contributed by atoms with van der Waals surface area (Å²) in [5.41, 5.74) is 0.582. The SMILES string of the molecule is CC(=N)OC(=N)C(=O)Nc1ccccc1. The van der Waals surface area contributed by atoms with Crippen molar-refractivity contribution in [3.05, 3.63) is 30.3 Å². The first kappa shape index (κ1) is 10.9. The lowest BCUT2D eigenvalue weighted by Crippen LogP contribution is -2.25. The Morgan fingerprint density at radius 1 is 1.27 bits per heavy atom. The zero-order valence-corrected chi connectivity index (χ0v) is 8.20. The van der Waals surface area contributed by atoms with Crippen LogP contribution >= 0.6 is 0 Å². The number of para-hydroxylation sites is 1. The summed E-state index contributed by atoms with van der Waals surface area (Å²) in [6.45, 7) is 1.35. The van der Waals surface area contributed by atoms with Crippen molar-refractivity contribution in [3.63, 3.8) is 0 Å². The topological polar surface area (TPSA) is 86.0 Å². The van der Waals surface area contributed by atoms with Crippen molar-refractivity contribution < 1.29 is 9.53 Å². The maximum atomic E-state index is 11.3. The number of amides is 1. The predicted molar refractivity (Wildman–Crippen MR) is 57.3 cm³/mol. The molecule has 0 aliphatic carbocycles. The van der Waals surface area contributed by atoms with Gasteiger partial charge in [0.2, 0.25) is 0 Å². The number of carbonyl (C=O) groups is 1. The largest absolute Gasteiger partial charge is 0.421 e. The van der Waals surface area contributed by atoms with Crippen molar-refractivity contribution in [1.82, 2.24) is 0 Å². The maximum absolute atomic E-state index is 11.3. The van der Waals surface area contributed by atoms with Gasteiger partial charge >= 0.3 is 5.91 Å². The summed E-state index contributed by atoms with van der Waals surface area (Å²) in [5.74, 6) is -1.46. The smallest absolute Gasteiger partial charge is 0.310 e. The molecule has 3 N–H and O–H groups in total. The molecule has 1 aromatic rings. The van der Waals surface area contributed by atoms with Crippen molar-refractivity contribution >= 4 is 23.4 Å². The summed E-state index contributed by atoms with van der Waals surface area (Å²) >= 11 is 0. The van der Waals surface area contributed by atoms with E-state index in [9.17, 15) is 4.79 Å². The zero-order chi connectivity index (χ0) is 11.3. The van der Waals surface area contributed by atoms with Gasteiger partial charge in [-0.2, -0.15) is 0 Å². The minimum Gasteiger partial charge on any atom is -0.421 e. The van der Waals surface area contributed by atoms with Crippen molar-refractivity contribution in [1.29, 1.82) is 10.8 Å². The Bertz CT molecular complexity index is 387. The lowest BCUT2D eigenvalue weighted by molar-refractivity contribution is -0.111. The van der Waals surface area contributed by atoms with E-state index in [0.29, 0.717) is 5.69 Å².